The summed E-state index contributed by atoms with van der Waals surface area (Å²) in [6.07, 6.45) is 0. The Morgan fingerprint density at radius 2 is 1.02 bits per heavy atom. The lowest BCUT2D eigenvalue weighted by atomic mass is 9.81. The van der Waals surface area contributed by atoms with E-state index >= 15 is 0 Å². The third-order valence-electron chi connectivity index (χ3n) is 6.46. The second kappa shape index (κ2) is 13.7. The third kappa shape index (κ3) is 6.31. The monoisotopic (exact) mass is 558 g/mol. The molecule has 0 heterocycles. The van der Waals surface area contributed by atoms with E-state index in [-0.39, 0.29) is 111 Å². The molecule has 1 aliphatic rings. The fourth-order valence-corrected chi connectivity index (χ4v) is 4.53. The number of nitrogens with zero attached hydrogens (tertiary/aromatic N) is 2. The first-order chi connectivity index (χ1) is 19.2. The molecule has 0 aliphatic heterocycles. The van der Waals surface area contributed by atoms with Crippen molar-refractivity contribution in [1.82, 2.24) is 9.80 Å². The number of ketones is 2. The molecule has 0 unspecified atom stereocenters. The summed E-state index contributed by atoms with van der Waals surface area (Å²) < 4.78 is 0. The van der Waals surface area contributed by atoms with E-state index in [0.29, 0.717) is 0 Å². The third-order valence-corrected chi connectivity index (χ3v) is 6.46. The van der Waals surface area contributed by atoms with Gasteiger partial charge in [0, 0.05) is 50.6 Å². The number of carbonyl (C=O) groups excluding carboxylic acids is 4. The summed E-state index contributed by atoms with van der Waals surface area (Å²) in [5, 5.41) is 45.4. The highest BCUT2D eigenvalue weighted by atomic mass is 16.3. The van der Waals surface area contributed by atoms with E-state index < -0.39 is 23.1 Å². The molecule has 0 saturated heterocycles. The van der Waals surface area contributed by atoms with Gasteiger partial charge in [0.05, 0.1) is 48.6 Å². The van der Waals surface area contributed by atoms with Crippen LogP contribution in [-0.2, 0) is 9.59 Å². The average molecular weight is 559 g/mol. The van der Waals surface area contributed by atoms with Crippen LogP contribution in [0.15, 0.2) is 24.3 Å². The topological polar surface area (TPSA) is 232 Å². The number of aromatic hydroxyl groups is 2. The Balaban J connectivity index is 1.97. The summed E-state index contributed by atoms with van der Waals surface area (Å²) >= 11 is 0. The Hall–Kier alpha value is -4.24. The first kappa shape index (κ1) is 30.3. The highest BCUT2D eigenvalue weighted by Crippen LogP contribution is 2.42. The summed E-state index contributed by atoms with van der Waals surface area (Å²) in [4.78, 5) is 54.1. The number of phenols is 2. The second-order valence-corrected chi connectivity index (χ2v) is 8.89. The lowest BCUT2D eigenvalue weighted by Gasteiger charge is -2.26. The summed E-state index contributed by atoms with van der Waals surface area (Å²) in [5.41, 5.74) is 10.6. The van der Waals surface area contributed by atoms with Crippen LogP contribution in [0.3, 0.4) is 0 Å². The maximum Gasteiger partial charge on any atom is 0.236 e. The fraction of sp³-hybridized carbons (Fsp3) is 0.385. The molecule has 216 valence electrons. The summed E-state index contributed by atoms with van der Waals surface area (Å²) in [6, 6.07) is 5.34. The van der Waals surface area contributed by atoms with Crippen LogP contribution in [-0.4, -0.2) is 119 Å². The molecule has 14 heteroatoms. The number of aliphatic hydroxyl groups is 2. The molecule has 0 aromatic heterocycles. The number of amides is 2. The van der Waals surface area contributed by atoms with E-state index in [1.165, 1.54) is 9.80 Å². The van der Waals surface area contributed by atoms with Crippen molar-refractivity contribution in [2.45, 2.75) is 0 Å². The Morgan fingerprint density at radius 3 is 1.35 bits per heavy atom. The van der Waals surface area contributed by atoms with Crippen LogP contribution in [0.2, 0.25) is 0 Å². The predicted molar refractivity (Wildman–Crippen MR) is 145 cm³/mol. The minimum Gasteiger partial charge on any atom is -0.507 e. The van der Waals surface area contributed by atoms with Crippen LogP contribution < -0.4 is 22.1 Å². The lowest BCUT2D eigenvalue weighted by molar-refractivity contribution is -0.130. The van der Waals surface area contributed by atoms with Crippen LogP contribution in [0.1, 0.15) is 31.8 Å². The number of fused-ring (bicyclic) bond motifs is 2. The van der Waals surface area contributed by atoms with Gasteiger partial charge in [0.2, 0.25) is 23.4 Å². The molecule has 0 bridgehead atoms. The van der Waals surface area contributed by atoms with E-state index in [2.05, 4.69) is 10.6 Å². The van der Waals surface area contributed by atoms with Crippen molar-refractivity contribution in [3.05, 3.63) is 46.5 Å². The Morgan fingerprint density at radius 1 is 0.650 bits per heavy atom. The molecule has 0 saturated carbocycles. The van der Waals surface area contributed by atoms with Crippen LogP contribution in [0, 0.1) is 0 Å². The number of aliphatic hydroxyl groups excluding tert-OH is 2. The van der Waals surface area contributed by atoms with Gasteiger partial charge in [0.15, 0.2) is 0 Å². The number of anilines is 2. The molecule has 0 radical (unpaired) electrons. The molecule has 0 spiro atoms. The van der Waals surface area contributed by atoms with E-state index in [1.807, 2.05) is 0 Å². The number of hydrogen-bond donors (Lipinski definition) is 8. The molecule has 2 aromatic carbocycles. The molecular weight excluding hydrogens is 524 g/mol. The van der Waals surface area contributed by atoms with Crippen molar-refractivity contribution in [1.29, 1.82) is 0 Å². The second-order valence-electron chi connectivity index (χ2n) is 8.89. The number of benzene rings is 2. The van der Waals surface area contributed by atoms with Crippen LogP contribution in [0.5, 0.6) is 11.5 Å². The van der Waals surface area contributed by atoms with Crippen molar-refractivity contribution in [3.8, 4) is 11.5 Å². The Bertz CT molecular complexity index is 1190. The molecule has 0 atom stereocenters. The number of rotatable bonds is 14. The minimum atomic E-state index is -0.699. The van der Waals surface area contributed by atoms with Gasteiger partial charge in [-0.25, -0.2) is 0 Å². The van der Waals surface area contributed by atoms with E-state index in [0.717, 1.165) is 12.1 Å². The van der Waals surface area contributed by atoms with Gasteiger partial charge in [-0.1, -0.05) is 0 Å². The van der Waals surface area contributed by atoms with Gasteiger partial charge < -0.3 is 52.3 Å². The largest absolute Gasteiger partial charge is 0.507 e. The van der Waals surface area contributed by atoms with Gasteiger partial charge in [0.1, 0.15) is 11.5 Å². The molecule has 2 amide bonds. The quantitative estimate of drug-likeness (QED) is 0.103. The molecule has 40 heavy (non-hydrogen) atoms. The highest BCUT2D eigenvalue weighted by molar-refractivity contribution is 6.33. The van der Waals surface area contributed by atoms with Gasteiger partial charge in [0.25, 0.3) is 0 Å². The SMILES string of the molecule is NCC(=O)N(CCO)CCNc1ccc(NCCN(CCO)C(=O)CN)c2c1C(=O)c1c(O)ccc(O)c1C2=O. The van der Waals surface area contributed by atoms with Crippen molar-refractivity contribution < 1.29 is 39.6 Å². The highest BCUT2D eigenvalue weighted by Gasteiger charge is 2.38. The number of nitrogens with two attached hydrogens (primary N) is 2. The Kier molecular flexibility index (Phi) is 10.4. The summed E-state index contributed by atoms with van der Waals surface area (Å²) in [5.74, 6) is -3.08. The lowest BCUT2D eigenvalue weighted by Crippen LogP contribution is -2.41. The van der Waals surface area contributed by atoms with Crippen LogP contribution in [0.25, 0.3) is 0 Å². The van der Waals surface area contributed by atoms with Gasteiger partial charge in [-0.05, 0) is 24.3 Å². The predicted octanol–water partition coefficient (Wildman–Crippen LogP) is -1.74. The molecule has 0 fully saturated rings. The average Bonchev–Trinajstić information content (AvgIpc) is 2.95. The zero-order chi connectivity index (χ0) is 29.4. The van der Waals surface area contributed by atoms with Crippen LogP contribution in [0.4, 0.5) is 11.4 Å². The van der Waals surface area contributed by atoms with Gasteiger partial charge in [-0.3, -0.25) is 19.2 Å². The first-order valence-corrected chi connectivity index (χ1v) is 12.7. The molecular formula is C26H34N6O8. The minimum absolute atomic E-state index is 0.0486. The molecule has 1 aliphatic carbocycles. The van der Waals surface area contributed by atoms with Gasteiger partial charge >= 0.3 is 0 Å². The molecule has 14 nitrogen and oxygen atoms in total. The van der Waals surface area contributed by atoms with E-state index in [4.69, 9.17) is 11.5 Å². The zero-order valence-electron chi connectivity index (χ0n) is 21.9. The number of phenolic OH excluding ortho intramolecular Hbond substituents is 2. The van der Waals surface area contributed by atoms with Crippen molar-refractivity contribution in [3.63, 3.8) is 0 Å². The zero-order valence-corrected chi connectivity index (χ0v) is 21.9. The smallest absolute Gasteiger partial charge is 0.236 e. The van der Waals surface area contributed by atoms with E-state index in [1.54, 1.807) is 12.1 Å². The van der Waals surface area contributed by atoms with Crippen molar-refractivity contribution >= 4 is 34.8 Å². The molecule has 2 aromatic rings. The maximum atomic E-state index is 13.6. The summed E-state index contributed by atoms with van der Waals surface area (Å²) in [6.45, 7) is -0.304. The number of nitrogens with one attached hydrogen (secondary N) is 2. The number of carbonyl (C=O) groups is 4. The summed E-state index contributed by atoms with van der Waals surface area (Å²) in [7, 11) is 0. The molecule has 3 rings (SSSR count). The van der Waals surface area contributed by atoms with Crippen molar-refractivity contribution in [2.75, 3.05) is 76.2 Å². The Labute approximate surface area is 230 Å². The van der Waals surface area contributed by atoms with Crippen molar-refractivity contribution in [2.24, 2.45) is 11.5 Å². The van der Waals surface area contributed by atoms with Crippen LogP contribution >= 0.6 is 0 Å². The normalized spacial score (nSPS) is 12.0. The van der Waals surface area contributed by atoms with Gasteiger partial charge in [-0.15, -0.1) is 0 Å². The van der Waals surface area contributed by atoms with E-state index in [9.17, 15) is 39.6 Å². The number of hydrogen-bond acceptors (Lipinski definition) is 12. The fourth-order valence-electron chi connectivity index (χ4n) is 4.53. The maximum absolute atomic E-state index is 13.6. The molecule has 10 N–H and O–H groups in total. The standard InChI is InChI=1S/C26H34N6O8/c27-13-19(37)31(9-11-33)7-5-29-15-1-2-16(30-6-8-32(10-12-34)20(38)14-28)22-21(15)25(39)23-17(35)3-4-18(36)24(23)26(22)40/h1-4,29-30,33-36H,5-14,27-28H2. The van der Waals surface area contributed by atoms with Gasteiger partial charge in [-0.2, -0.15) is 0 Å². The first-order valence-electron chi connectivity index (χ1n) is 12.7.